The van der Waals surface area contributed by atoms with E-state index in [9.17, 15) is 0 Å². The van der Waals surface area contributed by atoms with Crippen LogP contribution >= 0.6 is 0 Å². The lowest BCUT2D eigenvalue weighted by molar-refractivity contribution is 0.217. The maximum absolute atomic E-state index is 4.85. The van der Waals surface area contributed by atoms with Crippen LogP contribution in [0.15, 0.2) is 9.98 Å². The van der Waals surface area contributed by atoms with Gasteiger partial charge in [-0.25, -0.2) is 0 Å². The lowest BCUT2D eigenvalue weighted by Gasteiger charge is -2.47. The van der Waals surface area contributed by atoms with Crippen LogP contribution < -0.4 is 0 Å². The van der Waals surface area contributed by atoms with Crippen molar-refractivity contribution in [1.29, 1.82) is 0 Å². The van der Waals surface area contributed by atoms with E-state index >= 15 is 0 Å². The Morgan fingerprint density at radius 2 is 1.21 bits per heavy atom. The second-order valence-electron chi connectivity index (χ2n) is 5.24. The van der Waals surface area contributed by atoms with Crippen LogP contribution in [0, 0.1) is 0 Å². The molecule has 2 rings (SSSR count). The highest BCUT2D eigenvalue weighted by molar-refractivity contribution is 5.86. The van der Waals surface area contributed by atoms with Crippen molar-refractivity contribution in [2.75, 3.05) is 0 Å². The maximum atomic E-state index is 4.85. The van der Waals surface area contributed by atoms with Crippen LogP contribution in [0.4, 0.5) is 0 Å². The van der Waals surface area contributed by atoms with Gasteiger partial charge in [-0.05, 0) is 53.4 Å². The number of aliphatic imine (C=N–C) groups is 2. The van der Waals surface area contributed by atoms with Gasteiger partial charge < -0.3 is 0 Å². The minimum atomic E-state index is 0.0643. The topological polar surface area (TPSA) is 24.7 Å². The van der Waals surface area contributed by atoms with E-state index in [2.05, 4.69) is 27.7 Å². The summed E-state index contributed by atoms with van der Waals surface area (Å²) in [6.07, 6.45) is 4.55. The maximum Gasteiger partial charge on any atom is 0.0830 e. The fraction of sp³-hybridized carbons (Fsp3) is 0.833. The van der Waals surface area contributed by atoms with E-state index < -0.39 is 0 Å². The molecule has 78 valence electrons. The van der Waals surface area contributed by atoms with Crippen LogP contribution in [0.5, 0.6) is 0 Å². The summed E-state index contributed by atoms with van der Waals surface area (Å²) < 4.78 is 0. The molecule has 0 amide bonds. The molecule has 2 aliphatic rings. The van der Waals surface area contributed by atoms with Crippen molar-refractivity contribution >= 4 is 11.4 Å². The van der Waals surface area contributed by atoms with Crippen LogP contribution in [0.25, 0.3) is 0 Å². The molecule has 0 fully saturated rings. The van der Waals surface area contributed by atoms with Crippen molar-refractivity contribution in [1.82, 2.24) is 0 Å². The molecule has 0 aromatic carbocycles. The predicted molar refractivity (Wildman–Crippen MR) is 61.5 cm³/mol. The monoisotopic (exact) mass is 192 g/mol. The third-order valence-corrected chi connectivity index (χ3v) is 3.98. The average molecular weight is 192 g/mol. The molecule has 0 radical (unpaired) electrons. The minimum absolute atomic E-state index is 0.0643. The smallest absolute Gasteiger partial charge is 0.0830 e. The van der Waals surface area contributed by atoms with Gasteiger partial charge in [0.15, 0.2) is 0 Å². The van der Waals surface area contributed by atoms with Gasteiger partial charge in [-0.2, -0.15) is 0 Å². The van der Waals surface area contributed by atoms with Crippen LogP contribution in [0.2, 0.25) is 0 Å². The van der Waals surface area contributed by atoms with Crippen LogP contribution in [0.3, 0.4) is 0 Å². The van der Waals surface area contributed by atoms with Gasteiger partial charge in [0.25, 0.3) is 0 Å². The molecule has 2 aliphatic heterocycles. The summed E-state index contributed by atoms with van der Waals surface area (Å²) in [5.41, 5.74) is 2.74. The quantitative estimate of drug-likeness (QED) is 0.563. The second-order valence-corrected chi connectivity index (χ2v) is 5.24. The molecule has 0 bridgehead atoms. The Morgan fingerprint density at radius 3 is 1.57 bits per heavy atom. The first-order valence-electron chi connectivity index (χ1n) is 5.56. The van der Waals surface area contributed by atoms with Crippen molar-refractivity contribution in [3.05, 3.63) is 0 Å². The van der Waals surface area contributed by atoms with Crippen LogP contribution in [0.1, 0.15) is 53.4 Å². The molecule has 0 spiro atoms. The first-order chi connectivity index (χ1) is 6.45. The molecule has 2 nitrogen and oxygen atoms in total. The van der Waals surface area contributed by atoms with Gasteiger partial charge in [-0.15, -0.1) is 0 Å². The fourth-order valence-corrected chi connectivity index (χ4v) is 2.69. The summed E-state index contributed by atoms with van der Waals surface area (Å²) >= 11 is 0. The lowest BCUT2D eigenvalue weighted by atomic mass is 9.69. The third kappa shape index (κ3) is 1.32. The molecule has 14 heavy (non-hydrogen) atoms. The summed E-state index contributed by atoms with van der Waals surface area (Å²) in [6.45, 7) is 8.84. The molecule has 2 atom stereocenters. The van der Waals surface area contributed by atoms with Crippen molar-refractivity contribution in [2.45, 2.75) is 64.5 Å². The number of hydrogen-bond acceptors (Lipinski definition) is 2. The van der Waals surface area contributed by atoms with Gasteiger partial charge in [0.1, 0.15) is 0 Å². The Bertz CT molecular complexity index is 284. The summed E-state index contributed by atoms with van der Waals surface area (Å²) in [5, 5.41) is 0. The van der Waals surface area contributed by atoms with Gasteiger partial charge in [0, 0.05) is 11.4 Å². The molecule has 0 aromatic heterocycles. The lowest BCUT2D eigenvalue weighted by Crippen LogP contribution is -2.53. The zero-order valence-electron chi connectivity index (χ0n) is 9.72. The highest BCUT2D eigenvalue weighted by Crippen LogP contribution is 2.43. The average Bonchev–Trinajstić information content (AvgIpc) is 2.08. The first kappa shape index (κ1) is 9.88. The number of nitrogens with zero attached hydrogens (tertiary/aromatic N) is 2. The molecule has 0 aromatic rings. The van der Waals surface area contributed by atoms with Crippen LogP contribution in [-0.2, 0) is 0 Å². The molecule has 0 saturated heterocycles. The van der Waals surface area contributed by atoms with E-state index in [4.69, 9.17) is 9.98 Å². The van der Waals surface area contributed by atoms with E-state index in [0.717, 1.165) is 25.7 Å². The minimum Gasteiger partial charge on any atom is -0.286 e. The first-order valence-corrected chi connectivity index (χ1v) is 5.56. The largest absolute Gasteiger partial charge is 0.286 e. The van der Waals surface area contributed by atoms with Gasteiger partial charge >= 0.3 is 0 Å². The van der Waals surface area contributed by atoms with Crippen molar-refractivity contribution in [3.8, 4) is 0 Å². The van der Waals surface area contributed by atoms with Gasteiger partial charge in [0.2, 0.25) is 0 Å². The normalized spacial score (nSPS) is 42.6. The van der Waals surface area contributed by atoms with E-state index in [1.807, 2.05) is 0 Å². The molecule has 0 unspecified atom stereocenters. The number of hydrogen-bond donors (Lipinski definition) is 0. The van der Waals surface area contributed by atoms with Gasteiger partial charge in [0.05, 0.1) is 11.1 Å². The molecule has 0 aliphatic carbocycles. The van der Waals surface area contributed by atoms with Crippen molar-refractivity contribution in [3.63, 3.8) is 0 Å². The summed E-state index contributed by atoms with van der Waals surface area (Å²) in [7, 11) is 0. The molecule has 0 saturated carbocycles. The standard InChI is InChI=1S/C12H20N2/c1-9-5-7-12(4)11(3,13-9)8-6-10(2)14-12/h5-8H2,1-4H3/t11-,12-/m0/s1. The third-order valence-electron chi connectivity index (χ3n) is 3.98. The Morgan fingerprint density at radius 1 is 0.857 bits per heavy atom. The molecular formula is C12H20N2. The zero-order valence-corrected chi connectivity index (χ0v) is 9.72. The van der Waals surface area contributed by atoms with Crippen molar-refractivity contribution < 1.29 is 0 Å². The van der Waals surface area contributed by atoms with E-state index in [1.54, 1.807) is 0 Å². The zero-order chi connectivity index (χ0) is 10.4. The predicted octanol–water partition coefficient (Wildman–Crippen LogP) is 3.01. The van der Waals surface area contributed by atoms with Gasteiger partial charge in [-0.1, -0.05) is 0 Å². The second kappa shape index (κ2) is 2.91. The number of fused-ring (bicyclic) bond motifs is 1. The fourth-order valence-electron chi connectivity index (χ4n) is 2.69. The van der Waals surface area contributed by atoms with Gasteiger partial charge in [-0.3, -0.25) is 9.98 Å². The Labute approximate surface area is 86.5 Å². The summed E-state index contributed by atoms with van der Waals surface area (Å²) in [6, 6.07) is 0. The summed E-state index contributed by atoms with van der Waals surface area (Å²) in [4.78, 5) is 9.70. The SMILES string of the molecule is CC1=N[C@@]2(C)CCC(C)=N[C@@]2(C)CC1. The van der Waals surface area contributed by atoms with Crippen LogP contribution in [-0.4, -0.2) is 22.5 Å². The van der Waals surface area contributed by atoms with E-state index in [-0.39, 0.29) is 11.1 Å². The summed E-state index contributed by atoms with van der Waals surface area (Å²) in [5.74, 6) is 0. The number of rotatable bonds is 0. The molecule has 0 N–H and O–H groups in total. The van der Waals surface area contributed by atoms with Crippen molar-refractivity contribution in [2.24, 2.45) is 9.98 Å². The highest BCUT2D eigenvalue weighted by Gasteiger charge is 2.48. The van der Waals surface area contributed by atoms with E-state index in [1.165, 1.54) is 11.4 Å². The molecule has 2 heterocycles. The molecular weight excluding hydrogens is 172 g/mol. The Kier molecular flexibility index (Phi) is 2.06. The Balaban J connectivity index is 2.44. The molecule has 2 heteroatoms. The highest BCUT2D eigenvalue weighted by atomic mass is 15.0. The Hall–Kier alpha value is -0.660. The van der Waals surface area contributed by atoms with E-state index in [0.29, 0.717) is 0 Å².